The molecule has 1 aromatic carbocycles. The number of halogens is 1. The fourth-order valence-corrected chi connectivity index (χ4v) is 1.86. The molecule has 1 aliphatic rings. The molecule has 1 atom stereocenters. The van der Waals surface area contributed by atoms with Gasteiger partial charge in [0.25, 0.3) is 0 Å². The maximum Gasteiger partial charge on any atom is 0.228 e. The lowest BCUT2D eigenvalue weighted by molar-refractivity contribution is -0.117. The number of hydrogen-bond donors (Lipinski definition) is 0. The first kappa shape index (κ1) is 10.6. The molecule has 1 aromatic rings. The van der Waals surface area contributed by atoms with Crippen LogP contribution in [-0.4, -0.2) is 12.5 Å². The first-order chi connectivity index (χ1) is 7.61. The average molecular weight is 218 g/mol. The molecule has 3 nitrogen and oxygen atoms in total. The van der Waals surface area contributed by atoms with Gasteiger partial charge < -0.3 is 4.90 Å². The quantitative estimate of drug-likeness (QED) is 0.723. The number of carbonyl (C=O) groups is 1. The smallest absolute Gasteiger partial charge is 0.228 e. The van der Waals surface area contributed by atoms with Gasteiger partial charge in [-0.05, 0) is 24.6 Å². The maximum absolute atomic E-state index is 13.5. The first-order valence-corrected chi connectivity index (χ1v) is 5.08. The average Bonchev–Trinajstić information content (AvgIpc) is 2.63. The summed E-state index contributed by atoms with van der Waals surface area (Å²) < 4.78 is 13.5. The minimum Gasteiger partial charge on any atom is -0.308 e. The van der Waals surface area contributed by atoms with E-state index < -0.39 is 5.82 Å². The molecule has 16 heavy (non-hydrogen) atoms. The molecule has 0 aromatic heterocycles. The number of benzene rings is 1. The van der Waals surface area contributed by atoms with Crippen LogP contribution in [0.25, 0.3) is 0 Å². The highest BCUT2D eigenvalue weighted by atomic mass is 19.1. The summed E-state index contributed by atoms with van der Waals surface area (Å²) in [5.41, 5.74) is 1.17. The zero-order valence-electron chi connectivity index (χ0n) is 8.90. The Balaban J connectivity index is 2.35. The topological polar surface area (TPSA) is 44.1 Å². The molecule has 1 saturated heterocycles. The van der Waals surface area contributed by atoms with Crippen LogP contribution in [0.5, 0.6) is 0 Å². The Bertz CT molecular complexity index is 478. The van der Waals surface area contributed by atoms with E-state index in [0.717, 1.165) is 5.56 Å². The van der Waals surface area contributed by atoms with E-state index in [1.165, 1.54) is 11.0 Å². The molecule has 4 heteroatoms. The Kier molecular flexibility index (Phi) is 2.61. The molecule has 0 spiro atoms. The van der Waals surface area contributed by atoms with E-state index in [1.807, 2.05) is 13.0 Å². The Morgan fingerprint density at radius 2 is 2.31 bits per heavy atom. The second-order valence-corrected chi connectivity index (χ2v) is 3.99. The summed E-state index contributed by atoms with van der Waals surface area (Å²) >= 11 is 0. The van der Waals surface area contributed by atoms with Crippen molar-refractivity contribution in [2.24, 2.45) is 5.92 Å². The zero-order chi connectivity index (χ0) is 11.7. The summed E-state index contributed by atoms with van der Waals surface area (Å²) in [6.07, 6.45) is 0.184. The number of nitriles is 1. The minimum atomic E-state index is -0.419. The minimum absolute atomic E-state index is 0.184. The van der Waals surface area contributed by atoms with Crippen molar-refractivity contribution in [3.63, 3.8) is 0 Å². The van der Waals surface area contributed by atoms with Gasteiger partial charge in [0.1, 0.15) is 5.82 Å². The third-order valence-corrected chi connectivity index (χ3v) is 2.70. The van der Waals surface area contributed by atoms with Crippen LogP contribution in [0.2, 0.25) is 0 Å². The molecule has 1 heterocycles. The molecule has 0 bridgehead atoms. The van der Waals surface area contributed by atoms with Crippen LogP contribution in [0, 0.1) is 30.0 Å². The lowest BCUT2D eigenvalue weighted by Crippen LogP contribution is -2.25. The van der Waals surface area contributed by atoms with E-state index >= 15 is 0 Å². The van der Waals surface area contributed by atoms with Crippen LogP contribution in [0.4, 0.5) is 10.1 Å². The molecule has 0 saturated carbocycles. The van der Waals surface area contributed by atoms with Gasteiger partial charge in [-0.3, -0.25) is 4.79 Å². The largest absolute Gasteiger partial charge is 0.308 e. The number of nitrogens with zero attached hydrogens (tertiary/aromatic N) is 2. The number of hydrogen-bond acceptors (Lipinski definition) is 2. The van der Waals surface area contributed by atoms with Crippen molar-refractivity contribution in [1.82, 2.24) is 0 Å². The van der Waals surface area contributed by atoms with Gasteiger partial charge in [-0.1, -0.05) is 6.07 Å². The lowest BCUT2D eigenvalue weighted by atomic mass is 10.1. The summed E-state index contributed by atoms with van der Waals surface area (Å²) in [5, 5.41) is 8.75. The number of carbonyl (C=O) groups excluding carboxylic acids is 1. The van der Waals surface area contributed by atoms with E-state index in [0.29, 0.717) is 0 Å². The zero-order valence-corrected chi connectivity index (χ0v) is 8.90. The highest BCUT2D eigenvalue weighted by Crippen LogP contribution is 2.27. The molecule has 0 radical (unpaired) electrons. The summed E-state index contributed by atoms with van der Waals surface area (Å²) in [6, 6.07) is 6.67. The Morgan fingerprint density at radius 3 is 2.94 bits per heavy atom. The van der Waals surface area contributed by atoms with Crippen LogP contribution in [0.3, 0.4) is 0 Å². The summed E-state index contributed by atoms with van der Waals surface area (Å²) in [5.74, 6) is -0.930. The van der Waals surface area contributed by atoms with E-state index in [9.17, 15) is 9.18 Å². The van der Waals surface area contributed by atoms with Crippen molar-refractivity contribution in [3.8, 4) is 6.07 Å². The summed E-state index contributed by atoms with van der Waals surface area (Å²) in [7, 11) is 0. The number of anilines is 1. The lowest BCUT2D eigenvalue weighted by Gasteiger charge is -2.17. The SMILES string of the molecule is Cc1ccc(F)c(N2CC(C#N)CC2=O)c1. The monoisotopic (exact) mass is 218 g/mol. The van der Waals surface area contributed by atoms with Crippen molar-refractivity contribution in [1.29, 1.82) is 5.26 Å². The predicted octanol–water partition coefficient (Wildman–Crippen LogP) is 2.01. The van der Waals surface area contributed by atoms with Gasteiger partial charge in [-0.15, -0.1) is 0 Å². The molecule has 0 N–H and O–H groups in total. The van der Waals surface area contributed by atoms with Gasteiger partial charge in [0, 0.05) is 13.0 Å². The molecular weight excluding hydrogens is 207 g/mol. The first-order valence-electron chi connectivity index (χ1n) is 5.08. The third-order valence-electron chi connectivity index (χ3n) is 2.70. The second kappa shape index (κ2) is 3.93. The summed E-state index contributed by atoms with van der Waals surface area (Å²) in [4.78, 5) is 13.0. The van der Waals surface area contributed by atoms with Crippen LogP contribution >= 0.6 is 0 Å². The van der Waals surface area contributed by atoms with Crippen LogP contribution in [0.15, 0.2) is 18.2 Å². The molecule has 2 rings (SSSR count). The molecule has 1 aliphatic heterocycles. The molecule has 1 amide bonds. The van der Waals surface area contributed by atoms with Crippen molar-refractivity contribution < 1.29 is 9.18 Å². The fraction of sp³-hybridized carbons (Fsp3) is 0.333. The molecule has 82 valence electrons. The van der Waals surface area contributed by atoms with E-state index in [2.05, 4.69) is 0 Å². The van der Waals surface area contributed by atoms with E-state index in [4.69, 9.17) is 5.26 Å². The van der Waals surface area contributed by atoms with Crippen molar-refractivity contribution in [2.75, 3.05) is 11.4 Å². The van der Waals surface area contributed by atoms with Crippen molar-refractivity contribution in [2.45, 2.75) is 13.3 Å². The predicted molar refractivity (Wildman–Crippen MR) is 57.2 cm³/mol. The standard InChI is InChI=1S/C12H11FN2O/c1-8-2-3-10(13)11(4-8)15-7-9(6-14)5-12(15)16/h2-4,9H,5,7H2,1H3. The number of aryl methyl sites for hydroxylation is 1. The van der Waals surface area contributed by atoms with Crippen LogP contribution in [-0.2, 0) is 4.79 Å². The van der Waals surface area contributed by atoms with Gasteiger partial charge in [0.2, 0.25) is 5.91 Å². The van der Waals surface area contributed by atoms with Gasteiger partial charge in [-0.25, -0.2) is 4.39 Å². The van der Waals surface area contributed by atoms with E-state index in [1.54, 1.807) is 12.1 Å². The second-order valence-electron chi connectivity index (χ2n) is 3.99. The van der Waals surface area contributed by atoms with Crippen LogP contribution < -0.4 is 4.90 Å². The molecule has 0 aliphatic carbocycles. The molecular formula is C12H11FN2O. The Labute approximate surface area is 93.1 Å². The third kappa shape index (κ3) is 1.76. The Morgan fingerprint density at radius 1 is 1.56 bits per heavy atom. The highest BCUT2D eigenvalue weighted by molar-refractivity contribution is 5.96. The number of rotatable bonds is 1. The normalized spacial score (nSPS) is 19.9. The summed E-state index contributed by atoms with van der Waals surface area (Å²) in [6.45, 7) is 2.13. The maximum atomic E-state index is 13.5. The van der Waals surface area contributed by atoms with Crippen LogP contribution in [0.1, 0.15) is 12.0 Å². The van der Waals surface area contributed by atoms with Gasteiger partial charge in [0.15, 0.2) is 0 Å². The molecule has 1 fully saturated rings. The van der Waals surface area contributed by atoms with Crippen molar-refractivity contribution in [3.05, 3.63) is 29.6 Å². The Hall–Kier alpha value is -1.89. The van der Waals surface area contributed by atoms with Gasteiger partial charge in [0.05, 0.1) is 17.7 Å². The molecule has 1 unspecified atom stereocenters. The highest BCUT2D eigenvalue weighted by Gasteiger charge is 2.31. The fourth-order valence-electron chi connectivity index (χ4n) is 1.86. The number of amides is 1. The van der Waals surface area contributed by atoms with Gasteiger partial charge >= 0.3 is 0 Å². The van der Waals surface area contributed by atoms with Gasteiger partial charge in [-0.2, -0.15) is 5.26 Å². The van der Waals surface area contributed by atoms with Crippen molar-refractivity contribution >= 4 is 11.6 Å². The van der Waals surface area contributed by atoms with E-state index in [-0.39, 0.29) is 30.5 Å².